The molecule has 2 aliphatic rings. The van der Waals surface area contributed by atoms with Crippen LogP contribution >= 0.6 is 0 Å². The fourth-order valence-corrected chi connectivity index (χ4v) is 3.89. The molecule has 4 nitrogen and oxygen atoms in total. The van der Waals surface area contributed by atoms with Crippen molar-refractivity contribution in [1.82, 2.24) is 5.32 Å². The van der Waals surface area contributed by atoms with E-state index in [4.69, 9.17) is 4.74 Å². The number of aliphatic hydroxyl groups is 1. The lowest BCUT2D eigenvalue weighted by molar-refractivity contribution is -0.122. The molecule has 4 heteroatoms. The molecular formula is C22H25NO3. The highest BCUT2D eigenvalue weighted by atomic mass is 16.5. The first-order valence-corrected chi connectivity index (χ1v) is 9.37. The maximum absolute atomic E-state index is 12.6. The smallest absolute Gasteiger partial charge is 0.224 e. The van der Waals surface area contributed by atoms with Gasteiger partial charge in [0.25, 0.3) is 0 Å². The fourth-order valence-electron chi connectivity index (χ4n) is 3.89. The highest BCUT2D eigenvalue weighted by Crippen LogP contribution is 2.39. The highest BCUT2D eigenvalue weighted by Gasteiger charge is 2.36. The Morgan fingerprint density at radius 3 is 2.73 bits per heavy atom. The monoisotopic (exact) mass is 351 g/mol. The third kappa shape index (κ3) is 3.61. The summed E-state index contributed by atoms with van der Waals surface area (Å²) in [6.07, 6.45) is 2.53. The Kier molecular flexibility index (Phi) is 4.68. The lowest BCUT2D eigenvalue weighted by Crippen LogP contribution is -2.41. The van der Waals surface area contributed by atoms with Crippen molar-refractivity contribution in [2.24, 2.45) is 5.92 Å². The number of rotatable bonds is 5. The van der Waals surface area contributed by atoms with E-state index in [0.717, 1.165) is 42.7 Å². The summed E-state index contributed by atoms with van der Waals surface area (Å²) in [6, 6.07) is 14.2. The maximum atomic E-state index is 12.6. The predicted octanol–water partition coefficient (Wildman–Crippen LogP) is 3.10. The van der Waals surface area contributed by atoms with Crippen LogP contribution in [-0.4, -0.2) is 23.7 Å². The molecule has 0 unspecified atom stereocenters. The summed E-state index contributed by atoms with van der Waals surface area (Å²) in [6.45, 7) is 2.77. The molecule has 0 aromatic heterocycles. The van der Waals surface area contributed by atoms with E-state index in [-0.39, 0.29) is 24.0 Å². The van der Waals surface area contributed by atoms with Crippen molar-refractivity contribution in [3.8, 4) is 5.75 Å². The van der Waals surface area contributed by atoms with E-state index in [1.54, 1.807) is 0 Å². The van der Waals surface area contributed by atoms with Crippen LogP contribution in [0.3, 0.4) is 0 Å². The zero-order valence-electron chi connectivity index (χ0n) is 15.1. The molecular weight excluding hydrogens is 326 g/mol. The van der Waals surface area contributed by atoms with Gasteiger partial charge in [0.05, 0.1) is 25.2 Å². The third-order valence-electron chi connectivity index (χ3n) is 5.50. The quantitative estimate of drug-likeness (QED) is 0.870. The first-order valence-electron chi connectivity index (χ1n) is 9.37. The van der Waals surface area contributed by atoms with Gasteiger partial charge in [0, 0.05) is 6.42 Å². The van der Waals surface area contributed by atoms with Crippen molar-refractivity contribution in [2.45, 2.75) is 44.8 Å². The van der Waals surface area contributed by atoms with Gasteiger partial charge in [-0.05, 0) is 54.5 Å². The molecule has 0 bridgehead atoms. The van der Waals surface area contributed by atoms with E-state index < -0.39 is 0 Å². The number of hydrogen-bond acceptors (Lipinski definition) is 3. The lowest BCUT2D eigenvalue weighted by atomic mass is 9.74. The number of benzene rings is 2. The zero-order chi connectivity index (χ0) is 18.1. The summed E-state index contributed by atoms with van der Waals surface area (Å²) < 4.78 is 5.59. The molecule has 0 radical (unpaired) electrons. The molecule has 2 N–H and O–H groups in total. The maximum Gasteiger partial charge on any atom is 0.224 e. The second-order valence-electron chi connectivity index (χ2n) is 7.56. The van der Waals surface area contributed by atoms with Gasteiger partial charge in [-0.3, -0.25) is 4.79 Å². The summed E-state index contributed by atoms with van der Waals surface area (Å²) in [5.41, 5.74) is 4.53. The van der Waals surface area contributed by atoms with Gasteiger partial charge >= 0.3 is 0 Å². The number of aliphatic hydroxyl groups excluding tert-OH is 1. The molecule has 1 amide bonds. The minimum absolute atomic E-state index is 0.0250. The first-order chi connectivity index (χ1) is 12.6. The first kappa shape index (κ1) is 17.1. The van der Waals surface area contributed by atoms with Crippen LogP contribution in [0.25, 0.3) is 0 Å². The Hall–Kier alpha value is -2.33. The molecule has 136 valence electrons. The number of aryl methyl sites for hydroxylation is 1. The van der Waals surface area contributed by atoms with E-state index in [1.807, 2.05) is 43.3 Å². The molecule has 26 heavy (non-hydrogen) atoms. The van der Waals surface area contributed by atoms with Gasteiger partial charge in [0.1, 0.15) is 5.75 Å². The number of fused-ring (bicyclic) bond motifs is 1. The van der Waals surface area contributed by atoms with E-state index >= 15 is 0 Å². The molecule has 1 heterocycles. The van der Waals surface area contributed by atoms with Crippen LogP contribution in [0.4, 0.5) is 0 Å². The van der Waals surface area contributed by atoms with Crippen LogP contribution < -0.4 is 10.1 Å². The van der Waals surface area contributed by atoms with Crippen LogP contribution in [0.5, 0.6) is 5.75 Å². The average molecular weight is 351 g/mol. The highest BCUT2D eigenvalue weighted by molar-refractivity contribution is 5.79. The molecule has 2 aromatic rings. The Labute approximate surface area is 154 Å². The van der Waals surface area contributed by atoms with Gasteiger partial charge in [-0.2, -0.15) is 0 Å². The van der Waals surface area contributed by atoms with Crippen LogP contribution in [0.15, 0.2) is 42.5 Å². The topological polar surface area (TPSA) is 58.6 Å². The summed E-state index contributed by atoms with van der Waals surface area (Å²) in [7, 11) is 0. The summed E-state index contributed by atoms with van der Waals surface area (Å²) in [5, 5.41) is 13.0. The Balaban J connectivity index is 1.50. The predicted molar refractivity (Wildman–Crippen MR) is 100 cm³/mol. The van der Waals surface area contributed by atoms with Crippen LogP contribution in [0.1, 0.15) is 41.1 Å². The van der Waals surface area contributed by atoms with Crippen molar-refractivity contribution in [3.05, 3.63) is 64.7 Å². The van der Waals surface area contributed by atoms with E-state index in [9.17, 15) is 9.90 Å². The molecule has 1 aliphatic heterocycles. The Morgan fingerprint density at radius 2 is 2.00 bits per heavy atom. The normalized spacial score (nSPS) is 22.1. The Morgan fingerprint density at radius 1 is 1.23 bits per heavy atom. The van der Waals surface area contributed by atoms with E-state index in [1.165, 1.54) is 11.1 Å². The second-order valence-corrected chi connectivity index (χ2v) is 7.56. The van der Waals surface area contributed by atoms with Crippen LogP contribution in [0.2, 0.25) is 0 Å². The summed E-state index contributed by atoms with van der Waals surface area (Å²) in [4.78, 5) is 12.6. The number of carbonyl (C=O) groups is 1. The van der Waals surface area contributed by atoms with Crippen molar-refractivity contribution in [3.63, 3.8) is 0 Å². The molecule has 0 saturated heterocycles. The van der Waals surface area contributed by atoms with Gasteiger partial charge in [-0.1, -0.05) is 35.9 Å². The molecule has 1 saturated carbocycles. The number of carbonyl (C=O) groups excluding carboxylic acids is 1. The third-order valence-corrected chi connectivity index (χ3v) is 5.50. The lowest BCUT2D eigenvalue weighted by Gasteiger charge is -2.38. The molecule has 1 fully saturated rings. The number of ether oxygens (including phenoxy) is 1. The number of hydrogen-bond donors (Lipinski definition) is 2. The molecule has 1 atom stereocenters. The van der Waals surface area contributed by atoms with Crippen molar-refractivity contribution in [2.75, 3.05) is 6.61 Å². The van der Waals surface area contributed by atoms with Crippen LogP contribution in [-0.2, 0) is 17.6 Å². The van der Waals surface area contributed by atoms with E-state index in [0.29, 0.717) is 6.42 Å². The van der Waals surface area contributed by atoms with Gasteiger partial charge in [-0.15, -0.1) is 0 Å². The largest absolute Gasteiger partial charge is 0.493 e. The molecule has 2 aromatic carbocycles. The SMILES string of the molecule is Cc1ccc(CC(=O)N[C@H](c2ccc3c(c2)CCO3)C2CC(O)C2)cc1. The fraction of sp³-hybridized carbons (Fsp3) is 0.409. The van der Waals surface area contributed by atoms with Crippen molar-refractivity contribution in [1.29, 1.82) is 0 Å². The van der Waals surface area contributed by atoms with E-state index in [2.05, 4.69) is 11.4 Å². The van der Waals surface area contributed by atoms with Gasteiger partial charge in [-0.25, -0.2) is 0 Å². The minimum atomic E-state index is -0.241. The van der Waals surface area contributed by atoms with Crippen molar-refractivity contribution >= 4 is 5.91 Å². The second kappa shape index (κ2) is 7.12. The molecule has 4 rings (SSSR count). The van der Waals surface area contributed by atoms with Gasteiger partial charge in [0.15, 0.2) is 0 Å². The summed E-state index contributed by atoms with van der Waals surface area (Å²) in [5.74, 6) is 1.26. The number of nitrogens with one attached hydrogen (secondary N) is 1. The van der Waals surface area contributed by atoms with Gasteiger partial charge in [0.2, 0.25) is 5.91 Å². The zero-order valence-corrected chi connectivity index (χ0v) is 15.1. The summed E-state index contributed by atoms with van der Waals surface area (Å²) >= 11 is 0. The molecule has 1 aliphatic carbocycles. The standard InChI is InChI=1S/C22H25NO3/c1-14-2-4-15(5-3-14)10-21(25)23-22(18-12-19(24)13-18)17-6-7-20-16(11-17)8-9-26-20/h2-7,11,18-19,22,24H,8-10,12-13H2,1H3,(H,23,25)/t18?,19?,22-/m1/s1. The average Bonchev–Trinajstić information content (AvgIpc) is 3.07. The Bertz CT molecular complexity index is 794. The number of amides is 1. The minimum Gasteiger partial charge on any atom is -0.493 e. The van der Waals surface area contributed by atoms with Crippen molar-refractivity contribution < 1.29 is 14.6 Å². The van der Waals surface area contributed by atoms with Crippen LogP contribution in [0, 0.1) is 12.8 Å². The van der Waals surface area contributed by atoms with Gasteiger partial charge < -0.3 is 15.2 Å². The molecule has 0 spiro atoms.